The summed E-state index contributed by atoms with van der Waals surface area (Å²) in [6.07, 6.45) is 5.19. The van der Waals surface area contributed by atoms with Gasteiger partial charge < -0.3 is 4.90 Å². The van der Waals surface area contributed by atoms with Gasteiger partial charge in [-0.3, -0.25) is 4.79 Å². The molecule has 0 bridgehead atoms. The van der Waals surface area contributed by atoms with Crippen LogP contribution in [0.5, 0.6) is 0 Å². The molecule has 1 aliphatic carbocycles. The number of hydrogen-bond donors (Lipinski definition) is 0. The standard InChI is InChI=1S/C10H12ClN3O/c11-4-6-14(9-1-2-9)10(15)8-3-5-12-13-7-8/h3,5,7,9H,1-2,4,6H2. The van der Waals surface area contributed by atoms with Crippen LogP contribution in [0.4, 0.5) is 0 Å². The van der Waals surface area contributed by atoms with Crippen molar-refractivity contribution in [3.63, 3.8) is 0 Å². The zero-order valence-electron chi connectivity index (χ0n) is 8.27. The second-order valence-electron chi connectivity index (χ2n) is 3.55. The van der Waals surface area contributed by atoms with Gasteiger partial charge in [0.05, 0.1) is 18.0 Å². The van der Waals surface area contributed by atoms with E-state index in [0.29, 0.717) is 24.0 Å². The summed E-state index contributed by atoms with van der Waals surface area (Å²) in [6, 6.07) is 2.06. The van der Waals surface area contributed by atoms with Crippen molar-refractivity contribution >= 4 is 17.5 Å². The molecular formula is C10H12ClN3O. The number of carbonyl (C=O) groups is 1. The second kappa shape index (κ2) is 4.57. The highest BCUT2D eigenvalue weighted by Gasteiger charge is 2.32. The Morgan fingerprint density at radius 1 is 1.53 bits per heavy atom. The molecule has 4 nitrogen and oxygen atoms in total. The molecule has 2 rings (SSSR count). The van der Waals surface area contributed by atoms with Gasteiger partial charge in [-0.15, -0.1) is 11.6 Å². The van der Waals surface area contributed by atoms with Gasteiger partial charge in [-0.1, -0.05) is 0 Å². The minimum atomic E-state index is 0.00745. The molecule has 5 heteroatoms. The fourth-order valence-electron chi connectivity index (χ4n) is 1.51. The lowest BCUT2D eigenvalue weighted by atomic mass is 10.2. The fourth-order valence-corrected chi connectivity index (χ4v) is 1.69. The average Bonchev–Trinajstić information content (AvgIpc) is 3.10. The van der Waals surface area contributed by atoms with Crippen LogP contribution in [-0.2, 0) is 0 Å². The van der Waals surface area contributed by atoms with E-state index >= 15 is 0 Å². The highest BCUT2D eigenvalue weighted by atomic mass is 35.5. The number of carbonyl (C=O) groups excluding carboxylic acids is 1. The van der Waals surface area contributed by atoms with E-state index in [-0.39, 0.29) is 5.91 Å². The van der Waals surface area contributed by atoms with Crippen LogP contribution in [0.2, 0.25) is 0 Å². The first kappa shape index (κ1) is 10.4. The Morgan fingerprint density at radius 3 is 2.87 bits per heavy atom. The zero-order valence-corrected chi connectivity index (χ0v) is 9.02. The number of rotatable bonds is 4. The number of nitrogens with zero attached hydrogens (tertiary/aromatic N) is 3. The molecule has 0 unspecified atom stereocenters. The lowest BCUT2D eigenvalue weighted by Gasteiger charge is -2.20. The van der Waals surface area contributed by atoms with Crippen LogP contribution in [0.15, 0.2) is 18.5 Å². The highest BCUT2D eigenvalue weighted by molar-refractivity contribution is 6.18. The molecule has 0 N–H and O–H groups in total. The van der Waals surface area contributed by atoms with Crippen molar-refractivity contribution in [2.45, 2.75) is 18.9 Å². The molecule has 1 fully saturated rings. The summed E-state index contributed by atoms with van der Waals surface area (Å²) < 4.78 is 0. The van der Waals surface area contributed by atoms with Crippen molar-refractivity contribution in [3.05, 3.63) is 24.0 Å². The van der Waals surface area contributed by atoms with Gasteiger partial charge in [0.25, 0.3) is 5.91 Å². The first-order valence-corrected chi connectivity index (χ1v) is 5.50. The van der Waals surface area contributed by atoms with Crippen molar-refractivity contribution in [1.82, 2.24) is 15.1 Å². The molecular weight excluding hydrogens is 214 g/mol. The van der Waals surface area contributed by atoms with Gasteiger partial charge in [-0.2, -0.15) is 10.2 Å². The lowest BCUT2D eigenvalue weighted by Crippen LogP contribution is -2.34. The van der Waals surface area contributed by atoms with Gasteiger partial charge in [-0.25, -0.2) is 0 Å². The molecule has 0 atom stereocenters. The van der Waals surface area contributed by atoms with E-state index in [1.165, 1.54) is 12.4 Å². The predicted molar refractivity (Wildman–Crippen MR) is 56.8 cm³/mol. The zero-order chi connectivity index (χ0) is 10.7. The van der Waals surface area contributed by atoms with Crippen molar-refractivity contribution in [2.24, 2.45) is 0 Å². The number of halogens is 1. The van der Waals surface area contributed by atoms with Crippen LogP contribution in [-0.4, -0.2) is 39.5 Å². The molecule has 0 aromatic carbocycles. The van der Waals surface area contributed by atoms with E-state index in [9.17, 15) is 4.79 Å². The third kappa shape index (κ3) is 2.45. The van der Waals surface area contributed by atoms with Crippen LogP contribution < -0.4 is 0 Å². The molecule has 0 spiro atoms. The number of amides is 1. The van der Waals surface area contributed by atoms with Gasteiger partial charge in [0, 0.05) is 18.5 Å². The van der Waals surface area contributed by atoms with Crippen LogP contribution in [0, 0.1) is 0 Å². The van der Waals surface area contributed by atoms with E-state index in [4.69, 9.17) is 11.6 Å². The first-order chi connectivity index (χ1) is 7.33. The third-order valence-electron chi connectivity index (χ3n) is 2.41. The van der Waals surface area contributed by atoms with Crippen LogP contribution in [0.1, 0.15) is 23.2 Å². The smallest absolute Gasteiger partial charge is 0.255 e. The van der Waals surface area contributed by atoms with E-state index < -0.39 is 0 Å². The maximum atomic E-state index is 12.0. The summed E-state index contributed by atoms with van der Waals surface area (Å²) in [5.74, 6) is 0.480. The molecule has 1 aromatic rings. The normalized spacial score (nSPS) is 15.0. The summed E-state index contributed by atoms with van der Waals surface area (Å²) in [4.78, 5) is 13.8. The maximum Gasteiger partial charge on any atom is 0.255 e. The van der Waals surface area contributed by atoms with Gasteiger partial charge in [-0.05, 0) is 18.9 Å². The summed E-state index contributed by atoms with van der Waals surface area (Å²) in [5, 5.41) is 7.34. The average molecular weight is 226 g/mol. The third-order valence-corrected chi connectivity index (χ3v) is 2.57. The van der Waals surface area contributed by atoms with Gasteiger partial charge in [0.2, 0.25) is 0 Å². The molecule has 1 heterocycles. The van der Waals surface area contributed by atoms with Crippen LogP contribution in [0.25, 0.3) is 0 Å². The Balaban J connectivity index is 2.10. The molecule has 0 saturated heterocycles. The minimum Gasteiger partial charge on any atom is -0.334 e. The second-order valence-corrected chi connectivity index (χ2v) is 3.93. The van der Waals surface area contributed by atoms with Gasteiger partial charge >= 0.3 is 0 Å². The molecule has 1 aromatic heterocycles. The summed E-state index contributed by atoms with van der Waals surface area (Å²) in [6.45, 7) is 0.605. The SMILES string of the molecule is O=C(c1ccnnc1)N(CCCl)C1CC1. The fraction of sp³-hybridized carbons (Fsp3) is 0.500. The van der Waals surface area contributed by atoms with E-state index in [1.54, 1.807) is 6.07 Å². The number of hydrogen-bond acceptors (Lipinski definition) is 3. The predicted octanol–water partition coefficient (Wildman–Crippen LogP) is 1.32. The Bertz CT molecular complexity index is 340. The molecule has 1 aliphatic rings. The summed E-state index contributed by atoms with van der Waals surface area (Å²) in [5.41, 5.74) is 0.585. The summed E-state index contributed by atoms with van der Waals surface area (Å²) >= 11 is 5.68. The summed E-state index contributed by atoms with van der Waals surface area (Å²) in [7, 11) is 0. The molecule has 1 amide bonds. The Morgan fingerprint density at radius 2 is 2.33 bits per heavy atom. The molecule has 0 aliphatic heterocycles. The number of alkyl halides is 1. The Labute approximate surface area is 93.2 Å². The topological polar surface area (TPSA) is 46.1 Å². The lowest BCUT2D eigenvalue weighted by molar-refractivity contribution is 0.0753. The maximum absolute atomic E-state index is 12.0. The largest absolute Gasteiger partial charge is 0.334 e. The highest BCUT2D eigenvalue weighted by Crippen LogP contribution is 2.27. The number of aromatic nitrogens is 2. The monoisotopic (exact) mass is 225 g/mol. The molecule has 1 saturated carbocycles. The van der Waals surface area contributed by atoms with E-state index in [2.05, 4.69) is 10.2 Å². The van der Waals surface area contributed by atoms with E-state index in [1.807, 2.05) is 4.90 Å². The van der Waals surface area contributed by atoms with Crippen LogP contribution >= 0.6 is 11.6 Å². The van der Waals surface area contributed by atoms with Gasteiger partial charge in [0.1, 0.15) is 0 Å². The van der Waals surface area contributed by atoms with Crippen molar-refractivity contribution < 1.29 is 4.79 Å². The quantitative estimate of drug-likeness (QED) is 0.726. The Kier molecular flexibility index (Phi) is 3.16. The molecule has 0 radical (unpaired) electrons. The Hall–Kier alpha value is -1.16. The van der Waals surface area contributed by atoms with Gasteiger partial charge in [0.15, 0.2) is 0 Å². The first-order valence-electron chi connectivity index (χ1n) is 4.96. The van der Waals surface area contributed by atoms with Crippen molar-refractivity contribution in [3.8, 4) is 0 Å². The molecule has 15 heavy (non-hydrogen) atoms. The minimum absolute atomic E-state index is 0.00745. The van der Waals surface area contributed by atoms with Crippen molar-refractivity contribution in [2.75, 3.05) is 12.4 Å². The van der Waals surface area contributed by atoms with E-state index in [0.717, 1.165) is 12.8 Å². The molecule has 80 valence electrons. The van der Waals surface area contributed by atoms with Crippen LogP contribution in [0.3, 0.4) is 0 Å². The van der Waals surface area contributed by atoms with Crippen molar-refractivity contribution in [1.29, 1.82) is 0 Å².